The van der Waals surface area contributed by atoms with Crippen molar-refractivity contribution in [2.75, 3.05) is 16.8 Å². The number of carbonyl (C=O) groups is 2. The Kier molecular flexibility index (Phi) is 6.39. The maximum Gasteiger partial charge on any atom is 0.244 e. The second-order valence-corrected chi connectivity index (χ2v) is 6.61. The van der Waals surface area contributed by atoms with Gasteiger partial charge in [0.2, 0.25) is 11.8 Å². The number of hydrogen-bond acceptors (Lipinski definition) is 3. The Bertz CT molecular complexity index is 800. The maximum absolute atomic E-state index is 12.5. The van der Waals surface area contributed by atoms with Crippen molar-refractivity contribution in [2.24, 2.45) is 0 Å². The van der Waals surface area contributed by atoms with Crippen LogP contribution in [-0.4, -0.2) is 24.5 Å². The molecule has 0 heterocycles. The molecule has 0 aromatic heterocycles. The number of hydrogen-bond donors (Lipinski definition) is 1. The molecule has 0 saturated heterocycles. The van der Waals surface area contributed by atoms with E-state index in [0.29, 0.717) is 11.4 Å². The average molecular weight is 354 g/mol. The number of para-hydroxylation sites is 2. The van der Waals surface area contributed by atoms with E-state index in [9.17, 15) is 9.59 Å². The van der Waals surface area contributed by atoms with Gasteiger partial charge < -0.3 is 10.1 Å². The predicted molar refractivity (Wildman–Crippen MR) is 105 cm³/mol. The predicted octanol–water partition coefficient (Wildman–Crippen LogP) is 4.08. The van der Waals surface area contributed by atoms with Gasteiger partial charge in [-0.25, -0.2) is 0 Å². The molecule has 0 unspecified atom stereocenters. The molecule has 0 aliphatic carbocycles. The molecule has 138 valence electrons. The largest absolute Gasteiger partial charge is 0.489 e. The lowest BCUT2D eigenvalue weighted by molar-refractivity contribution is -0.120. The van der Waals surface area contributed by atoms with Crippen LogP contribution in [0.25, 0.3) is 0 Å². The summed E-state index contributed by atoms with van der Waals surface area (Å²) in [5.74, 6) is 0.101. The van der Waals surface area contributed by atoms with Crippen LogP contribution in [0.2, 0.25) is 0 Å². The summed E-state index contributed by atoms with van der Waals surface area (Å²) in [6.07, 6.45) is -0.0333. The van der Waals surface area contributed by atoms with Crippen LogP contribution in [0.3, 0.4) is 0 Å². The first-order chi connectivity index (χ1) is 12.3. The van der Waals surface area contributed by atoms with Crippen LogP contribution < -0.4 is 15.0 Å². The van der Waals surface area contributed by atoms with Gasteiger partial charge in [0.25, 0.3) is 0 Å². The SMILES string of the molecule is CC(=O)N(CC(=O)Nc1ccc(C)cc1C)c1ccccc1OC(C)C. The van der Waals surface area contributed by atoms with Crippen LogP contribution in [-0.2, 0) is 9.59 Å². The summed E-state index contributed by atoms with van der Waals surface area (Å²) < 4.78 is 5.78. The van der Waals surface area contributed by atoms with Crippen LogP contribution in [0.1, 0.15) is 31.9 Å². The van der Waals surface area contributed by atoms with E-state index in [4.69, 9.17) is 4.74 Å². The molecule has 5 heteroatoms. The van der Waals surface area contributed by atoms with Crippen molar-refractivity contribution in [2.45, 2.75) is 40.7 Å². The van der Waals surface area contributed by atoms with Crippen LogP contribution >= 0.6 is 0 Å². The van der Waals surface area contributed by atoms with Crippen molar-refractivity contribution < 1.29 is 14.3 Å². The fourth-order valence-electron chi connectivity index (χ4n) is 2.69. The van der Waals surface area contributed by atoms with Gasteiger partial charge in [-0.05, 0) is 51.5 Å². The quantitative estimate of drug-likeness (QED) is 0.850. The third kappa shape index (κ3) is 5.09. The molecule has 0 bridgehead atoms. The molecule has 0 atom stereocenters. The molecule has 2 rings (SSSR count). The molecular weight excluding hydrogens is 328 g/mol. The second-order valence-electron chi connectivity index (χ2n) is 6.61. The van der Waals surface area contributed by atoms with Gasteiger partial charge in [0.05, 0.1) is 11.8 Å². The standard InChI is InChI=1S/C21H26N2O3/c1-14(2)26-20-9-7-6-8-19(20)23(17(5)24)13-21(25)22-18-11-10-15(3)12-16(18)4/h6-12,14H,13H2,1-5H3,(H,22,25). The molecule has 2 amide bonds. The van der Waals surface area contributed by atoms with E-state index in [1.54, 1.807) is 12.1 Å². The van der Waals surface area contributed by atoms with E-state index in [1.807, 2.05) is 58.0 Å². The maximum atomic E-state index is 12.5. The molecule has 5 nitrogen and oxygen atoms in total. The lowest BCUT2D eigenvalue weighted by Crippen LogP contribution is -2.37. The Morgan fingerprint density at radius 3 is 2.42 bits per heavy atom. The van der Waals surface area contributed by atoms with E-state index in [0.717, 1.165) is 16.8 Å². The van der Waals surface area contributed by atoms with Crippen molar-refractivity contribution in [1.82, 2.24) is 0 Å². The van der Waals surface area contributed by atoms with Gasteiger partial charge in [-0.1, -0.05) is 29.8 Å². The lowest BCUT2D eigenvalue weighted by atomic mass is 10.1. The van der Waals surface area contributed by atoms with Gasteiger partial charge >= 0.3 is 0 Å². The minimum Gasteiger partial charge on any atom is -0.489 e. The zero-order valence-corrected chi connectivity index (χ0v) is 16.0. The molecule has 2 aromatic rings. The van der Waals surface area contributed by atoms with E-state index in [-0.39, 0.29) is 24.5 Å². The van der Waals surface area contributed by atoms with E-state index >= 15 is 0 Å². The Morgan fingerprint density at radius 2 is 1.81 bits per heavy atom. The van der Waals surface area contributed by atoms with Gasteiger partial charge in [0, 0.05) is 12.6 Å². The molecule has 0 fully saturated rings. The third-order valence-electron chi connectivity index (χ3n) is 3.86. The van der Waals surface area contributed by atoms with Crippen LogP contribution in [0.15, 0.2) is 42.5 Å². The molecular formula is C21H26N2O3. The van der Waals surface area contributed by atoms with Gasteiger partial charge in [-0.15, -0.1) is 0 Å². The second kappa shape index (κ2) is 8.52. The Morgan fingerprint density at radius 1 is 1.12 bits per heavy atom. The number of ether oxygens (including phenoxy) is 1. The van der Waals surface area contributed by atoms with E-state index < -0.39 is 0 Å². The van der Waals surface area contributed by atoms with Gasteiger partial charge in [0.15, 0.2) is 0 Å². The number of nitrogens with one attached hydrogen (secondary N) is 1. The lowest BCUT2D eigenvalue weighted by Gasteiger charge is -2.24. The van der Waals surface area contributed by atoms with Crippen LogP contribution in [0.4, 0.5) is 11.4 Å². The van der Waals surface area contributed by atoms with Crippen molar-refractivity contribution >= 4 is 23.2 Å². The summed E-state index contributed by atoms with van der Waals surface area (Å²) in [6, 6.07) is 13.1. The minimum absolute atomic E-state index is 0.0333. The smallest absolute Gasteiger partial charge is 0.244 e. The molecule has 0 saturated carbocycles. The fraction of sp³-hybridized carbons (Fsp3) is 0.333. The normalized spacial score (nSPS) is 10.5. The number of aryl methyl sites for hydroxylation is 2. The summed E-state index contributed by atoms with van der Waals surface area (Å²) in [5, 5.41) is 2.88. The first kappa shape index (κ1) is 19.5. The molecule has 1 N–H and O–H groups in total. The van der Waals surface area contributed by atoms with Crippen LogP contribution in [0.5, 0.6) is 5.75 Å². The highest BCUT2D eigenvalue weighted by Crippen LogP contribution is 2.29. The van der Waals surface area contributed by atoms with Crippen LogP contribution in [0, 0.1) is 13.8 Å². The monoisotopic (exact) mass is 354 g/mol. The zero-order chi connectivity index (χ0) is 19.3. The first-order valence-electron chi connectivity index (χ1n) is 8.69. The van der Waals surface area contributed by atoms with Gasteiger partial charge in [0.1, 0.15) is 12.3 Å². The van der Waals surface area contributed by atoms with E-state index in [1.165, 1.54) is 11.8 Å². The first-order valence-corrected chi connectivity index (χ1v) is 8.69. The summed E-state index contributed by atoms with van der Waals surface area (Å²) in [4.78, 5) is 26.1. The summed E-state index contributed by atoms with van der Waals surface area (Å²) in [5.41, 5.74) is 3.45. The fourth-order valence-corrected chi connectivity index (χ4v) is 2.69. The third-order valence-corrected chi connectivity index (χ3v) is 3.86. The number of anilines is 2. The van der Waals surface area contributed by atoms with Crippen molar-refractivity contribution in [3.05, 3.63) is 53.6 Å². The molecule has 0 radical (unpaired) electrons. The number of carbonyl (C=O) groups excluding carboxylic acids is 2. The average Bonchev–Trinajstić information content (AvgIpc) is 2.55. The number of nitrogens with zero attached hydrogens (tertiary/aromatic N) is 1. The Hall–Kier alpha value is -2.82. The summed E-state index contributed by atoms with van der Waals surface area (Å²) in [6.45, 7) is 9.14. The van der Waals surface area contributed by atoms with Crippen molar-refractivity contribution in [3.8, 4) is 5.75 Å². The summed E-state index contributed by atoms with van der Waals surface area (Å²) in [7, 11) is 0. The topological polar surface area (TPSA) is 58.6 Å². The summed E-state index contributed by atoms with van der Waals surface area (Å²) >= 11 is 0. The van der Waals surface area contributed by atoms with Crippen molar-refractivity contribution in [3.63, 3.8) is 0 Å². The highest BCUT2D eigenvalue weighted by molar-refractivity contribution is 6.02. The number of benzene rings is 2. The highest BCUT2D eigenvalue weighted by atomic mass is 16.5. The zero-order valence-electron chi connectivity index (χ0n) is 16.0. The minimum atomic E-state index is -0.258. The molecule has 2 aromatic carbocycles. The molecule has 0 spiro atoms. The molecule has 0 aliphatic heterocycles. The van der Waals surface area contributed by atoms with Crippen molar-refractivity contribution in [1.29, 1.82) is 0 Å². The Balaban J connectivity index is 2.21. The van der Waals surface area contributed by atoms with E-state index in [2.05, 4.69) is 5.32 Å². The molecule has 26 heavy (non-hydrogen) atoms. The number of amides is 2. The van der Waals surface area contributed by atoms with Gasteiger partial charge in [-0.3, -0.25) is 14.5 Å². The Labute approximate surface area is 155 Å². The highest BCUT2D eigenvalue weighted by Gasteiger charge is 2.20. The number of rotatable bonds is 6. The van der Waals surface area contributed by atoms with Gasteiger partial charge in [-0.2, -0.15) is 0 Å². The molecule has 0 aliphatic rings.